The van der Waals surface area contributed by atoms with Crippen LogP contribution < -0.4 is 5.73 Å². The van der Waals surface area contributed by atoms with Gasteiger partial charge in [0.1, 0.15) is 27.9 Å². The predicted octanol–water partition coefficient (Wildman–Crippen LogP) is 5.29. The molecule has 3 N–H and O–H groups in total. The van der Waals surface area contributed by atoms with Gasteiger partial charge in [-0.2, -0.15) is 5.26 Å². The van der Waals surface area contributed by atoms with Gasteiger partial charge in [-0.05, 0) is 66.3 Å². The van der Waals surface area contributed by atoms with Crippen LogP contribution in [0.5, 0.6) is 0 Å². The normalized spacial score (nSPS) is 15.5. The summed E-state index contributed by atoms with van der Waals surface area (Å²) in [5.74, 6) is -1.73. The minimum absolute atomic E-state index is 0.0813. The molecule has 41 heavy (non-hydrogen) atoms. The Morgan fingerprint density at radius 1 is 1.17 bits per heavy atom. The largest absolute Gasteiger partial charge is 0.388 e. The number of nitrogens with zero attached hydrogens (tertiary/aromatic N) is 5. The Labute approximate surface area is 240 Å². The summed E-state index contributed by atoms with van der Waals surface area (Å²) >= 11 is 6.56. The Bertz CT molecular complexity index is 1690. The van der Waals surface area contributed by atoms with Crippen LogP contribution in [0.2, 0.25) is 5.02 Å². The quantitative estimate of drug-likeness (QED) is 0.307. The lowest BCUT2D eigenvalue weighted by atomic mass is 9.91. The fourth-order valence-corrected chi connectivity index (χ4v) is 5.51. The van der Waals surface area contributed by atoms with Crippen molar-refractivity contribution in [3.63, 3.8) is 0 Å². The first-order chi connectivity index (χ1) is 19.6. The van der Waals surface area contributed by atoms with Gasteiger partial charge in [0.15, 0.2) is 5.82 Å². The molecule has 1 saturated heterocycles. The van der Waals surface area contributed by atoms with E-state index in [9.17, 15) is 19.6 Å². The maximum absolute atomic E-state index is 16.0. The summed E-state index contributed by atoms with van der Waals surface area (Å²) in [4.78, 5) is 14.9. The molecule has 212 valence electrons. The molecule has 1 fully saturated rings. The number of nitrogens with two attached hydrogens (primary N) is 1. The summed E-state index contributed by atoms with van der Waals surface area (Å²) in [5.41, 5.74) is 6.82. The topological polar surface area (TPSA) is 121 Å². The molecule has 3 aromatic carbocycles. The summed E-state index contributed by atoms with van der Waals surface area (Å²) in [6, 6.07) is 12.0. The molecule has 0 spiro atoms. The molecule has 0 bridgehead atoms. The molecule has 1 aliphatic heterocycles. The summed E-state index contributed by atoms with van der Waals surface area (Å²) in [5, 5.41) is 28.1. The number of benzene rings is 3. The van der Waals surface area contributed by atoms with Crippen molar-refractivity contribution in [1.29, 1.82) is 5.26 Å². The van der Waals surface area contributed by atoms with Crippen molar-refractivity contribution < 1.29 is 18.7 Å². The summed E-state index contributed by atoms with van der Waals surface area (Å²) in [6.45, 7) is 4.72. The van der Waals surface area contributed by atoms with E-state index in [0.717, 1.165) is 0 Å². The van der Waals surface area contributed by atoms with Gasteiger partial charge in [-0.25, -0.2) is 13.5 Å². The Balaban J connectivity index is 1.67. The van der Waals surface area contributed by atoms with Gasteiger partial charge in [-0.3, -0.25) is 4.79 Å². The van der Waals surface area contributed by atoms with E-state index < -0.39 is 17.2 Å². The number of hydrogen-bond donors (Lipinski definition) is 2. The standard InChI is InChI=1S/C30H29ClF2N6O2/c1-3-30(41,4-2)16-39-28-25(36-37-39)13-23(27(33)26(28)31)21-8-7-18(29(40)38-10-9-20(35)15-38)11-22(21)17-5-6-19(14-34)24(32)12-17/h5-8,11-13,20,41H,3-4,9-10,15-16,35H2,1-2H3. The van der Waals surface area contributed by atoms with Gasteiger partial charge in [0.05, 0.1) is 17.7 Å². The number of aliphatic hydroxyl groups is 1. The monoisotopic (exact) mass is 578 g/mol. The van der Waals surface area contributed by atoms with Gasteiger partial charge in [-0.1, -0.05) is 42.8 Å². The molecule has 8 nitrogen and oxygen atoms in total. The van der Waals surface area contributed by atoms with E-state index in [1.807, 2.05) is 13.8 Å². The number of rotatable bonds is 7. The Hall–Kier alpha value is -3.91. The molecular weight excluding hydrogens is 550 g/mol. The first-order valence-electron chi connectivity index (χ1n) is 13.4. The molecule has 1 aromatic heterocycles. The lowest BCUT2D eigenvalue weighted by Crippen LogP contribution is -2.33. The number of hydrogen-bond acceptors (Lipinski definition) is 6. The van der Waals surface area contributed by atoms with Gasteiger partial charge in [0.2, 0.25) is 0 Å². The third-order valence-electron chi connectivity index (χ3n) is 7.91. The number of carbonyl (C=O) groups is 1. The zero-order valence-electron chi connectivity index (χ0n) is 22.7. The zero-order chi connectivity index (χ0) is 29.5. The van der Waals surface area contributed by atoms with Crippen LogP contribution in [0.3, 0.4) is 0 Å². The molecule has 2 heterocycles. The number of likely N-dealkylation sites (tertiary alicyclic amines) is 1. The fraction of sp³-hybridized carbons (Fsp3) is 0.333. The van der Waals surface area contributed by atoms with Crippen molar-refractivity contribution >= 4 is 28.5 Å². The van der Waals surface area contributed by atoms with Crippen LogP contribution in [0.15, 0.2) is 42.5 Å². The molecular formula is C30H29ClF2N6O2. The van der Waals surface area contributed by atoms with Crippen molar-refractivity contribution in [1.82, 2.24) is 19.9 Å². The highest BCUT2D eigenvalue weighted by Gasteiger charge is 2.28. The molecule has 5 rings (SSSR count). The van der Waals surface area contributed by atoms with E-state index in [1.54, 1.807) is 35.2 Å². The van der Waals surface area contributed by atoms with Gasteiger partial charge >= 0.3 is 0 Å². The highest BCUT2D eigenvalue weighted by molar-refractivity contribution is 6.35. The van der Waals surface area contributed by atoms with Crippen molar-refractivity contribution in [3.05, 3.63) is 70.2 Å². The lowest BCUT2D eigenvalue weighted by Gasteiger charge is -2.25. The van der Waals surface area contributed by atoms with Gasteiger partial charge in [0.25, 0.3) is 5.91 Å². The smallest absolute Gasteiger partial charge is 0.253 e. The van der Waals surface area contributed by atoms with Crippen molar-refractivity contribution in [2.45, 2.75) is 51.3 Å². The molecule has 1 unspecified atom stereocenters. The van der Waals surface area contributed by atoms with E-state index >= 15 is 4.39 Å². The van der Waals surface area contributed by atoms with E-state index in [2.05, 4.69) is 10.3 Å². The summed E-state index contributed by atoms with van der Waals surface area (Å²) < 4.78 is 32.2. The second-order valence-electron chi connectivity index (χ2n) is 10.5. The van der Waals surface area contributed by atoms with Gasteiger partial charge in [0, 0.05) is 30.3 Å². The number of carbonyl (C=O) groups excluding carboxylic acids is 1. The first kappa shape index (κ1) is 28.6. The summed E-state index contributed by atoms with van der Waals surface area (Å²) in [6.07, 6.45) is 1.61. The third kappa shape index (κ3) is 5.28. The van der Waals surface area contributed by atoms with Gasteiger partial charge < -0.3 is 15.7 Å². The fourth-order valence-electron chi connectivity index (χ4n) is 5.21. The number of nitriles is 1. The Kier molecular flexibility index (Phi) is 7.79. The van der Waals surface area contributed by atoms with E-state index in [0.29, 0.717) is 60.1 Å². The minimum Gasteiger partial charge on any atom is -0.388 e. The molecule has 0 saturated carbocycles. The predicted molar refractivity (Wildman–Crippen MR) is 152 cm³/mol. The lowest BCUT2D eigenvalue weighted by molar-refractivity contribution is 0.0125. The van der Waals surface area contributed by atoms with Crippen LogP contribution >= 0.6 is 11.6 Å². The van der Waals surface area contributed by atoms with Crippen molar-refractivity contribution in [2.75, 3.05) is 13.1 Å². The number of halogens is 3. The van der Waals surface area contributed by atoms with Crippen molar-refractivity contribution in [2.24, 2.45) is 5.73 Å². The average Bonchev–Trinajstić information content (AvgIpc) is 3.60. The van der Waals surface area contributed by atoms with Gasteiger partial charge in [-0.15, -0.1) is 5.10 Å². The van der Waals surface area contributed by atoms with Crippen LogP contribution in [0.25, 0.3) is 33.3 Å². The van der Waals surface area contributed by atoms with E-state index in [-0.39, 0.29) is 40.2 Å². The molecule has 4 aromatic rings. The van der Waals surface area contributed by atoms with E-state index in [1.165, 1.54) is 22.9 Å². The number of aromatic nitrogens is 3. The van der Waals surface area contributed by atoms with Crippen molar-refractivity contribution in [3.8, 4) is 28.3 Å². The molecule has 0 radical (unpaired) electrons. The molecule has 1 amide bonds. The minimum atomic E-state index is -1.06. The highest BCUT2D eigenvalue weighted by atomic mass is 35.5. The average molecular weight is 579 g/mol. The Morgan fingerprint density at radius 2 is 1.93 bits per heavy atom. The third-order valence-corrected chi connectivity index (χ3v) is 8.25. The van der Waals surface area contributed by atoms with E-state index in [4.69, 9.17) is 17.3 Å². The van der Waals surface area contributed by atoms with Crippen LogP contribution in [-0.4, -0.2) is 55.6 Å². The van der Waals surface area contributed by atoms with Crippen LogP contribution in [0.1, 0.15) is 49.0 Å². The second kappa shape index (κ2) is 11.2. The summed E-state index contributed by atoms with van der Waals surface area (Å²) in [7, 11) is 0. The maximum Gasteiger partial charge on any atom is 0.253 e. The second-order valence-corrected chi connectivity index (χ2v) is 10.8. The maximum atomic E-state index is 16.0. The molecule has 1 atom stereocenters. The first-order valence-corrected chi connectivity index (χ1v) is 13.8. The molecule has 11 heteroatoms. The zero-order valence-corrected chi connectivity index (χ0v) is 23.4. The number of fused-ring (bicyclic) bond motifs is 1. The van der Waals surface area contributed by atoms with Crippen LogP contribution in [0.4, 0.5) is 8.78 Å². The van der Waals surface area contributed by atoms with Crippen LogP contribution in [-0.2, 0) is 6.54 Å². The Morgan fingerprint density at radius 3 is 2.56 bits per heavy atom. The number of amides is 1. The molecule has 0 aliphatic carbocycles. The molecule has 1 aliphatic rings. The van der Waals surface area contributed by atoms with Crippen LogP contribution in [0, 0.1) is 23.0 Å². The SMILES string of the molecule is CCC(O)(CC)Cn1nnc2cc(-c3ccc(C(=O)N4CCC(N)C4)cc3-c3ccc(C#N)c(F)c3)c(F)c(Cl)c21. The highest BCUT2D eigenvalue weighted by Crippen LogP contribution is 2.40.